The number of hydrogen-bond donors (Lipinski definition) is 1. The van der Waals surface area contributed by atoms with E-state index in [1.807, 2.05) is 6.07 Å². The number of amides is 1. The van der Waals surface area contributed by atoms with Gasteiger partial charge < -0.3 is 5.32 Å². The quantitative estimate of drug-likeness (QED) is 0.932. The molecule has 1 N–H and O–H groups in total. The molecule has 0 saturated heterocycles. The lowest BCUT2D eigenvalue weighted by molar-refractivity contribution is -0.122. The Labute approximate surface area is 140 Å². The zero-order valence-electron chi connectivity index (χ0n) is 13.8. The van der Waals surface area contributed by atoms with Gasteiger partial charge in [-0.3, -0.25) is 14.2 Å². The van der Waals surface area contributed by atoms with Crippen molar-refractivity contribution in [1.29, 1.82) is 0 Å². The van der Waals surface area contributed by atoms with E-state index in [2.05, 4.69) is 15.3 Å². The van der Waals surface area contributed by atoms with Crippen LogP contribution >= 0.6 is 0 Å². The second-order valence-electron chi connectivity index (χ2n) is 6.90. The summed E-state index contributed by atoms with van der Waals surface area (Å²) in [5.74, 6) is -0.115. The van der Waals surface area contributed by atoms with Gasteiger partial charge in [0.2, 0.25) is 5.91 Å². The van der Waals surface area contributed by atoms with Crippen molar-refractivity contribution in [3.63, 3.8) is 0 Å². The number of carbonyl (C=O) groups is 1. The summed E-state index contributed by atoms with van der Waals surface area (Å²) in [4.78, 5) is 33.7. The van der Waals surface area contributed by atoms with E-state index < -0.39 is 0 Å². The van der Waals surface area contributed by atoms with Crippen LogP contribution in [0.4, 0.5) is 0 Å². The predicted octanol–water partition coefficient (Wildman–Crippen LogP) is 1.73. The number of pyridine rings is 1. The molecule has 1 fully saturated rings. The molecule has 2 aliphatic carbocycles. The van der Waals surface area contributed by atoms with Gasteiger partial charge in [0.25, 0.3) is 5.56 Å². The highest BCUT2D eigenvalue weighted by atomic mass is 16.2. The van der Waals surface area contributed by atoms with Crippen molar-refractivity contribution in [3.05, 3.63) is 34.0 Å². The van der Waals surface area contributed by atoms with E-state index in [1.165, 1.54) is 23.7 Å². The van der Waals surface area contributed by atoms with Crippen molar-refractivity contribution in [2.45, 2.75) is 64.0 Å². The molecule has 0 aliphatic heterocycles. The fourth-order valence-corrected chi connectivity index (χ4v) is 3.82. The number of nitrogens with one attached hydrogen (secondary N) is 1. The molecule has 6 nitrogen and oxygen atoms in total. The molecule has 2 aromatic rings. The third-order valence-corrected chi connectivity index (χ3v) is 5.13. The SMILES string of the molecule is O=C(Cn1cnc2nc3c(cc2c1=O)CCCC3)NC1CCCC1. The summed E-state index contributed by atoms with van der Waals surface area (Å²) in [6.45, 7) is 0.0232. The Balaban J connectivity index is 1.60. The van der Waals surface area contributed by atoms with Gasteiger partial charge in [-0.15, -0.1) is 0 Å². The van der Waals surface area contributed by atoms with Crippen LogP contribution in [0.25, 0.3) is 11.0 Å². The summed E-state index contributed by atoms with van der Waals surface area (Å²) in [7, 11) is 0. The molecular weight excluding hydrogens is 304 g/mol. The molecule has 2 aromatic heterocycles. The lowest BCUT2D eigenvalue weighted by Gasteiger charge is -2.15. The fraction of sp³-hybridized carbons (Fsp3) is 0.556. The Morgan fingerprint density at radius 1 is 1.21 bits per heavy atom. The van der Waals surface area contributed by atoms with Crippen LogP contribution in [0.1, 0.15) is 49.8 Å². The van der Waals surface area contributed by atoms with Crippen molar-refractivity contribution >= 4 is 16.9 Å². The second-order valence-corrected chi connectivity index (χ2v) is 6.90. The van der Waals surface area contributed by atoms with E-state index in [0.29, 0.717) is 11.0 Å². The van der Waals surface area contributed by atoms with Crippen molar-refractivity contribution in [3.8, 4) is 0 Å². The van der Waals surface area contributed by atoms with Gasteiger partial charge >= 0.3 is 0 Å². The first kappa shape index (κ1) is 15.3. The van der Waals surface area contributed by atoms with E-state index in [9.17, 15) is 9.59 Å². The van der Waals surface area contributed by atoms with Crippen molar-refractivity contribution in [2.75, 3.05) is 0 Å². The van der Waals surface area contributed by atoms with Gasteiger partial charge in [0.1, 0.15) is 12.9 Å². The zero-order chi connectivity index (χ0) is 16.5. The maximum absolute atomic E-state index is 12.7. The molecule has 0 bridgehead atoms. The third kappa shape index (κ3) is 2.92. The van der Waals surface area contributed by atoms with Crippen LogP contribution in [0, 0.1) is 0 Å². The summed E-state index contributed by atoms with van der Waals surface area (Å²) in [5.41, 5.74) is 2.54. The number of hydrogen-bond acceptors (Lipinski definition) is 4. The molecule has 126 valence electrons. The Morgan fingerprint density at radius 2 is 2.00 bits per heavy atom. The summed E-state index contributed by atoms with van der Waals surface area (Å²) < 4.78 is 1.39. The van der Waals surface area contributed by atoms with Gasteiger partial charge in [-0.2, -0.15) is 0 Å². The van der Waals surface area contributed by atoms with E-state index in [1.54, 1.807) is 0 Å². The van der Waals surface area contributed by atoms with Crippen LogP contribution < -0.4 is 10.9 Å². The summed E-state index contributed by atoms with van der Waals surface area (Å²) in [6.07, 6.45) is 10.1. The van der Waals surface area contributed by atoms with Crippen molar-refractivity contribution in [2.24, 2.45) is 0 Å². The molecule has 0 unspecified atom stereocenters. The second kappa shape index (κ2) is 6.34. The monoisotopic (exact) mass is 326 g/mol. The standard InChI is InChI=1S/C18H22N4O2/c23-16(20-13-6-2-3-7-13)10-22-11-19-17-14(18(22)24)9-12-5-1-4-8-15(12)21-17/h9,11,13H,1-8,10H2,(H,20,23). The first-order chi connectivity index (χ1) is 11.7. The van der Waals surface area contributed by atoms with Gasteiger partial charge in [0, 0.05) is 11.7 Å². The third-order valence-electron chi connectivity index (χ3n) is 5.13. The van der Waals surface area contributed by atoms with Crippen molar-refractivity contribution in [1.82, 2.24) is 19.9 Å². The molecule has 0 radical (unpaired) electrons. The topological polar surface area (TPSA) is 76.9 Å². The van der Waals surface area contributed by atoms with E-state index >= 15 is 0 Å². The maximum Gasteiger partial charge on any atom is 0.263 e. The van der Waals surface area contributed by atoms with Crippen LogP contribution in [-0.4, -0.2) is 26.5 Å². The van der Waals surface area contributed by atoms with Gasteiger partial charge in [-0.25, -0.2) is 9.97 Å². The summed E-state index contributed by atoms with van der Waals surface area (Å²) in [6, 6.07) is 2.19. The Kier molecular flexibility index (Phi) is 4.04. The van der Waals surface area contributed by atoms with Crippen LogP contribution in [0.5, 0.6) is 0 Å². The van der Waals surface area contributed by atoms with Crippen molar-refractivity contribution < 1.29 is 4.79 Å². The largest absolute Gasteiger partial charge is 0.352 e. The molecule has 1 amide bonds. The number of rotatable bonds is 3. The Morgan fingerprint density at radius 3 is 2.83 bits per heavy atom. The van der Waals surface area contributed by atoms with E-state index in [4.69, 9.17) is 0 Å². The fourth-order valence-electron chi connectivity index (χ4n) is 3.82. The molecular formula is C18H22N4O2. The van der Waals surface area contributed by atoms with Gasteiger partial charge in [0.05, 0.1) is 5.39 Å². The predicted molar refractivity (Wildman–Crippen MR) is 90.8 cm³/mol. The highest BCUT2D eigenvalue weighted by molar-refractivity contribution is 5.78. The summed E-state index contributed by atoms with van der Waals surface area (Å²) in [5, 5.41) is 3.53. The average Bonchev–Trinajstić information content (AvgIpc) is 3.09. The molecule has 2 heterocycles. The maximum atomic E-state index is 12.7. The lowest BCUT2D eigenvalue weighted by atomic mass is 9.95. The number of aryl methyl sites for hydroxylation is 2. The Hall–Kier alpha value is -2.24. The van der Waals surface area contributed by atoms with Gasteiger partial charge in [-0.1, -0.05) is 12.8 Å². The van der Waals surface area contributed by atoms with Crippen LogP contribution in [0.2, 0.25) is 0 Å². The Bertz CT molecular complexity index is 837. The molecule has 0 atom stereocenters. The number of carbonyl (C=O) groups excluding carboxylic acids is 1. The first-order valence-corrected chi connectivity index (χ1v) is 8.88. The molecule has 2 aliphatic rings. The molecule has 4 rings (SSSR count). The molecule has 6 heteroatoms. The molecule has 0 aromatic carbocycles. The molecule has 24 heavy (non-hydrogen) atoms. The lowest BCUT2D eigenvalue weighted by Crippen LogP contribution is -2.37. The minimum atomic E-state index is -0.178. The first-order valence-electron chi connectivity index (χ1n) is 8.88. The molecule has 1 saturated carbocycles. The zero-order valence-corrected chi connectivity index (χ0v) is 13.8. The van der Waals surface area contributed by atoms with Crippen LogP contribution in [0.3, 0.4) is 0 Å². The van der Waals surface area contributed by atoms with E-state index in [0.717, 1.165) is 49.8 Å². The number of nitrogens with zero attached hydrogens (tertiary/aromatic N) is 3. The van der Waals surface area contributed by atoms with Gasteiger partial charge in [-0.05, 0) is 50.2 Å². The number of fused-ring (bicyclic) bond motifs is 2. The minimum absolute atomic E-state index is 0.0232. The highest BCUT2D eigenvalue weighted by Crippen LogP contribution is 2.21. The normalized spacial score (nSPS) is 17.8. The minimum Gasteiger partial charge on any atom is -0.352 e. The smallest absolute Gasteiger partial charge is 0.263 e. The molecule has 0 spiro atoms. The van der Waals surface area contributed by atoms with Gasteiger partial charge in [0.15, 0.2) is 5.65 Å². The highest BCUT2D eigenvalue weighted by Gasteiger charge is 2.19. The average molecular weight is 326 g/mol. The summed E-state index contributed by atoms with van der Waals surface area (Å²) >= 11 is 0. The number of aromatic nitrogens is 3. The van der Waals surface area contributed by atoms with E-state index in [-0.39, 0.29) is 24.1 Å². The van der Waals surface area contributed by atoms with Crippen LogP contribution in [-0.2, 0) is 24.2 Å². The van der Waals surface area contributed by atoms with Crippen LogP contribution in [0.15, 0.2) is 17.2 Å².